The van der Waals surface area contributed by atoms with Gasteiger partial charge in [0.05, 0.1) is 0 Å². The predicted molar refractivity (Wildman–Crippen MR) is 91.3 cm³/mol. The number of nitrogens with one attached hydrogen (secondary N) is 1. The summed E-state index contributed by atoms with van der Waals surface area (Å²) in [6.45, 7) is 4.08. The van der Waals surface area contributed by atoms with E-state index in [0.717, 1.165) is 42.0 Å². The van der Waals surface area contributed by atoms with Crippen LogP contribution in [-0.2, 0) is 4.79 Å². The smallest absolute Gasteiger partial charge is 0.231 e. The SMILES string of the molecule is CCC/C=C(/C=C(N)\C=C(/C)C=O)Nc1ccc2c(c1)OCO2. The quantitative estimate of drug-likeness (QED) is 0.458. The van der Waals surface area contributed by atoms with Crippen LogP contribution in [0.5, 0.6) is 11.5 Å². The maximum atomic E-state index is 10.7. The zero-order valence-electron chi connectivity index (χ0n) is 13.5. The summed E-state index contributed by atoms with van der Waals surface area (Å²) in [7, 11) is 0. The van der Waals surface area contributed by atoms with E-state index in [1.807, 2.05) is 24.3 Å². The van der Waals surface area contributed by atoms with Crippen LogP contribution in [0.2, 0.25) is 0 Å². The van der Waals surface area contributed by atoms with Crippen molar-refractivity contribution in [2.45, 2.75) is 26.7 Å². The van der Waals surface area contributed by atoms with Crippen molar-refractivity contribution >= 4 is 12.0 Å². The Morgan fingerprint density at radius 1 is 1.30 bits per heavy atom. The molecule has 0 spiro atoms. The Morgan fingerprint density at radius 2 is 2.09 bits per heavy atom. The maximum absolute atomic E-state index is 10.7. The maximum Gasteiger partial charge on any atom is 0.231 e. The lowest BCUT2D eigenvalue weighted by molar-refractivity contribution is -0.104. The average molecular weight is 314 g/mol. The number of aldehydes is 1. The van der Waals surface area contributed by atoms with Crippen LogP contribution in [0.3, 0.4) is 0 Å². The van der Waals surface area contributed by atoms with Gasteiger partial charge in [-0.25, -0.2) is 0 Å². The van der Waals surface area contributed by atoms with E-state index >= 15 is 0 Å². The van der Waals surface area contributed by atoms with Gasteiger partial charge in [-0.05, 0) is 43.2 Å². The number of carbonyl (C=O) groups excluding carboxylic acids is 1. The van der Waals surface area contributed by atoms with Crippen LogP contribution < -0.4 is 20.5 Å². The van der Waals surface area contributed by atoms with Crippen molar-refractivity contribution < 1.29 is 14.3 Å². The number of ether oxygens (including phenoxy) is 2. The Bertz CT molecular complexity index is 660. The molecule has 2 rings (SSSR count). The lowest BCUT2D eigenvalue weighted by Crippen LogP contribution is -2.02. The topological polar surface area (TPSA) is 73.6 Å². The third-order valence-corrected chi connectivity index (χ3v) is 3.22. The normalized spacial score (nSPS) is 14.8. The van der Waals surface area contributed by atoms with Crippen LogP contribution in [-0.4, -0.2) is 13.1 Å². The molecule has 0 radical (unpaired) electrons. The van der Waals surface area contributed by atoms with E-state index in [9.17, 15) is 4.79 Å². The number of hydrogen-bond acceptors (Lipinski definition) is 5. The van der Waals surface area contributed by atoms with E-state index in [4.69, 9.17) is 15.2 Å². The summed E-state index contributed by atoms with van der Waals surface area (Å²) < 4.78 is 10.7. The molecule has 122 valence electrons. The van der Waals surface area contributed by atoms with Gasteiger partial charge in [0.25, 0.3) is 0 Å². The molecule has 23 heavy (non-hydrogen) atoms. The Labute approximate surface area is 136 Å². The zero-order valence-corrected chi connectivity index (χ0v) is 13.5. The van der Waals surface area contributed by atoms with Gasteiger partial charge in [-0.2, -0.15) is 0 Å². The van der Waals surface area contributed by atoms with Crippen molar-refractivity contribution in [3.05, 3.63) is 53.4 Å². The molecule has 0 amide bonds. The van der Waals surface area contributed by atoms with Crippen molar-refractivity contribution in [2.75, 3.05) is 12.1 Å². The monoisotopic (exact) mass is 314 g/mol. The molecule has 1 aliphatic rings. The van der Waals surface area contributed by atoms with Crippen molar-refractivity contribution in [1.29, 1.82) is 0 Å². The first-order valence-corrected chi connectivity index (χ1v) is 7.60. The van der Waals surface area contributed by atoms with Crippen molar-refractivity contribution in [1.82, 2.24) is 0 Å². The molecule has 0 aromatic heterocycles. The minimum atomic E-state index is 0.250. The Kier molecular flexibility index (Phi) is 5.86. The third kappa shape index (κ3) is 4.92. The highest BCUT2D eigenvalue weighted by molar-refractivity contribution is 5.73. The lowest BCUT2D eigenvalue weighted by atomic mass is 10.2. The van der Waals surface area contributed by atoms with Gasteiger partial charge in [0, 0.05) is 23.1 Å². The summed E-state index contributed by atoms with van der Waals surface area (Å²) in [5, 5.41) is 3.32. The molecule has 1 heterocycles. The highest BCUT2D eigenvalue weighted by atomic mass is 16.7. The second-order valence-corrected chi connectivity index (χ2v) is 5.29. The van der Waals surface area contributed by atoms with Crippen LogP contribution in [0, 0.1) is 0 Å². The fraction of sp³-hybridized carbons (Fsp3) is 0.278. The number of fused-ring (bicyclic) bond motifs is 1. The minimum Gasteiger partial charge on any atom is -0.454 e. The van der Waals surface area contributed by atoms with E-state index in [2.05, 4.69) is 18.3 Å². The molecular weight excluding hydrogens is 292 g/mol. The fourth-order valence-corrected chi connectivity index (χ4v) is 2.10. The first kappa shape index (κ1) is 16.7. The van der Waals surface area contributed by atoms with Crippen LogP contribution in [0.4, 0.5) is 5.69 Å². The molecule has 0 aliphatic carbocycles. The minimum absolute atomic E-state index is 0.250. The van der Waals surface area contributed by atoms with Gasteiger partial charge >= 0.3 is 0 Å². The van der Waals surface area contributed by atoms with E-state index in [0.29, 0.717) is 11.3 Å². The third-order valence-electron chi connectivity index (χ3n) is 3.22. The number of nitrogens with two attached hydrogens (primary N) is 1. The molecule has 3 N–H and O–H groups in total. The second-order valence-electron chi connectivity index (χ2n) is 5.29. The van der Waals surface area contributed by atoms with Crippen LogP contribution in [0.15, 0.2) is 53.4 Å². The number of unbranched alkanes of at least 4 members (excludes halogenated alkanes) is 1. The summed E-state index contributed by atoms with van der Waals surface area (Å²) in [6, 6.07) is 5.67. The van der Waals surface area contributed by atoms with E-state index in [1.54, 1.807) is 13.0 Å². The summed E-state index contributed by atoms with van der Waals surface area (Å²) in [4.78, 5) is 10.7. The van der Waals surface area contributed by atoms with E-state index in [1.165, 1.54) is 0 Å². The number of hydrogen-bond donors (Lipinski definition) is 2. The van der Waals surface area contributed by atoms with Crippen LogP contribution >= 0.6 is 0 Å². The highest BCUT2D eigenvalue weighted by Gasteiger charge is 2.13. The predicted octanol–water partition coefficient (Wildman–Crippen LogP) is 3.50. The number of benzene rings is 1. The Morgan fingerprint density at radius 3 is 2.83 bits per heavy atom. The molecular formula is C18H22N2O3. The average Bonchev–Trinajstić information content (AvgIpc) is 3.00. The van der Waals surface area contributed by atoms with Crippen molar-refractivity contribution in [2.24, 2.45) is 5.73 Å². The molecule has 1 aromatic rings. The summed E-state index contributed by atoms with van der Waals surface area (Å²) >= 11 is 0. The molecule has 5 heteroatoms. The van der Waals surface area contributed by atoms with Crippen LogP contribution in [0.25, 0.3) is 0 Å². The first-order chi connectivity index (χ1) is 11.1. The van der Waals surface area contributed by atoms with Gasteiger partial charge in [-0.1, -0.05) is 19.4 Å². The molecule has 1 aliphatic heterocycles. The molecule has 0 saturated carbocycles. The number of carbonyl (C=O) groups is 1. The summed E-state index contributed by atoms with van der Waals surface area (Å²) in [6.07, 6.45) is 8.26. The molecule has 1 aromatic carbocycles. The molecule has 0 atom stereocenters. The van der Waals surface area contributed by atoms with Gasteiger partial charge < -0.3 is 20.5 Å². The number of allylic oxidation sites excluding steroid dienone is 4. The largest absolute Gasteiger partial charge is 0.454 e. The van der Waals surface area contributed by atoms with Gasteiger partial charge in [0.1, 0.15) is 6.29 Å². The summed E-state index contributed by atoms with van der Waals surface area (Å²) in [5.41, 5.74) is 8.83. The Hall–Kier alpha value is -2.69. The molecule has 0 bridgehead atoms. The van der Waals surface area contributed by atoms with Crippen molar-refractivity contribution in [3.63, 3.8) is 0 Å². The van der Waals surface area contributed by atoms with Crippen LogP contribution in [0.1, 0.15) is 26.7 Å². The van der Waals surface area contributed by atoms with Gasteiger partial charge in [0.2, 0.25) is 6.79 Å². The summed E-state index contributed by atoms with van der Waals surface area (Å²) in [5.74, 6) is 1.47. The molecule has 0 unspecified atom stereocenters. The molecule has 0 saturated heterocycles. The standard InChI is InChI=1S/C18H22N2O3/c1-3-4-5-15(9-14(19)8-13(2)11-21)20-16-6-7-17-18(10-16)23-12-22-17/h5-11,20H,3-4,12,19H2,1-2H3/b13-8+,14-9+,15-5-. The second kappa shape index (κ2) is 8.08. The molecule has 0 fully saturated rings. The molecule has 5 nitrogen and oxygen atoms in total. The first-order valence-electron chi connectivity index (χ1n) is 7.60. The van der Waals surface area contributed by atoms with Gasteiger partial charge in [-0.15, -0.1) is 0 Å². The van der Waals surface area contributed by atoms with E-state index in [-0.39, 0.29) is 6.79 Å². The Balaban J connectivity index is 2.19. The van der Waals surface area contributed by atoms with Gasteiger partial charge in [-0.3, -0.25) is 4.79 Å². The van der Waals surface area contributed by atoms with Crippen molar-refractivity contribution in [3.8, 4) is 11.5 Å². The van der Waals surface area contributed by atoms with Gasteiger partial charge in [0.15, 0.2) is 11.5 Å². The number of rotatable bonds is 7. The highest BCUT2D eigenvalue weighted by Crippen LogP contribution is 2.34. The lowest BCUT2D eigenvalue weighted by Gasteiger charge is -2.09. The van der Waals surface area contributed by atoms with E-state index < -0.39 is 0 Å². The number of anilines is 1. The fourth-order valence-electron chi connectivity index (χ4n) is 2.10. The zero-order chi connectivity index (χ0) is 16.7.